The Labute approximate surface area is 792 Å². The summed E-state index contributed by atoms with van der Waals surface area (Å²) < 4.78 is 28.4. The first-order valence-electron chi connectivity index (χ1n) is 43.6. The lowest BCUT2D eigenvalue weighted by molar-refractivity contribution is -0.162. The fraction of sp³-hybridized carbons (Fsp3) is 0.516. The summed E-state index contributed by atoms with van der Waals surface area (Å²) in [6, 6.07) is 11.9. The molecule has 0 saturated carbocycles. The van der Waals surface area contributed by atoms with Gasteiger partial charge in [-0.25, -0.2) is 9.59 Å². The van der Waals surface area contributed by atoms with E-state index in [4.69, 9.17) is 58.2 Å². The number of hydrogen-bond donors (Lipinski definition) is 16. The third kappa shape index (κ3) is 29.3. The molecular formula is C91H122ClN15O22S4. The number of phenolic OH excluding ortho intramolecular Hbond substituents is 1. The molecular weight excluding hydrogens is 1820 g/mol. The summed E-state index contributed by atoms with van der Waals surface area (Å²) in [5, 5.41) is 55.5. The number of epoxide rings is 1. The summed E-state index contributed by atoms with van der Waals surface area (Å²) in [5.74, 6) is -13.7. The van der Waals surface area contributed by atoms with Crippen LogP contribution in [0.3, 0.4) is 0 Å². The molecule has 37 nitrogen and oxygen atoms in total. The molecule has 0 spiro atoms. The molecule has 18 atom stereocenters. The maximum Gasteiger partial charge on any atom is 0.409 e. The number of aliphatic hydroxyl groups excluding tert-OH is 1. The number of aromatic nitrogens is 1. The van der Waals surface area contributed by atoms with Gasteiger partial charge in [-0.1, -0.05) is 146 Å². The van der Waals surface area contributed by atoms with Gasteiger partial charge in [-0.15, -0.1) is 0 Å². The molecule has 9 rings (SSSR count). The monoisotopic (exact) mass is 1940 g/mol. The van der Waals surface area contributed by atoms with Crippen LogP contribution in [0.15, 0.2) is 121 Å². The molecule has 5 aromatic rings. The molecule has 3 fully saturated rings. The molecule has 4 aliphatic heterocycles. The first-order valence-corrected chi connectivity index (χ1v) is 48.8. The number of methoxy groups -OCH3 is 2. The number of nitrogens with zero attached hydrogens (tertiary/aromatic N) is 2. The average molecular weight is 1940 g/mol. The number of aliphatic hydroxyl groups is 2. The topological polar surface area (TPSA) is 572 Å². The molecule has 12 amide bonds. The van der Waals surface area contributed by atoms with Gasteiger partial charge in [0.1, 0.15) is 82.7 Å². The first-order chi connectivity index (χ1) is 63.0. The van der Waals surface area contributed by atoms with Crippen LogP contribution in [0.25, 0.3) is 10.9 Å². The number of carbonyl (C=O) groups is 14. The molecule has 20 N–H and O–H groups in total. The van der Waals surface area contributed by atoms with Gasteiger partial charge in [-0.05, 0) is 146 Å². The van der Waals surface area contributed by atoms with Gasteiger partial charge >= 0.3 is 12.1 Å². The van der Waals surface area contributed by atoms with Gasteiger partial charge in [0.05, 0.1) is 43.5 Å². The van der Waals surface area contributed by atoms with Crippen molar-refractivity contribution in [2.24, 2.45) is 34.8 Å². The van der Waals surface area contributed by atoms with Crippen molar-refractivity contribution in [3.63, 3.8) is 0 Å². The van der Waals surface area contributed by atoms with Crippen LogP contribution in [0.1, 0.15) is 129 Å². The number of aromatic amines is 1. The van der Waals surface area contributed by atoms with Crippen molar-refractivity contribution in [1.82, 2.24) is 52.4 Å². The molecule has 0 aliphatic carbocycles. The van der Waals surface area contributed by atoms with E-state index in [-0.39, 0.29) is 85.2 Å². The number of rotatable bonds is 32. The summed E-state index contributed by atoms with van der Waals surface area (Å²) in [6.07, 6.45) is -1.94. The number of alkyl carbamates (subject to hydrolysis) is 1. The predicted molar refractivity (Wildman–Crippen MR) is 505 cm³/mol. The van der Waals surface area contributed by atoms with E-state index in [1.807, 2.05) is 13.0 Å². The summed E-state index contributed by atoms with van der Waals surface area (Å²) in [5.41, 5.74) is 25.2. The van der Waals surface area contributed by atoms with Gasteiger partial charge in [-0.2, -0.15) is 0 Å². The van der Waals surface area contributed by atoms with E-state index in [2.05, 4.69) is 47.5 Å². The first kappa shape index (κ1) is 106. The number of nitrogens with one attached hydrogen (secondary N) is 9. The molecule has 42 heteroatoms. The number of hydrogen-bond acceptors (Lipinski definition) is 28. The van der Waals surface area contributed by atoms with Crippen molar-refractivity contribution in [2.45, 2.75) is 233 Å². The number of benzene rings is 4. The molecule has 4 bridgehead atoms. The van der Waals surface area contributed by atoms with Crippen LogP contribution < -0.4 is 75.1 Å². The van der Waals surface area contributed by atoms with E-state index in [1.165, 1.54) is 59.2 Å². The number of likely N-dealkylation sites (N-methyl/N-ethyl adjacent to an activating group) is 1. The van der Waals surface area contributed by atoms with E-state index < -0.39 is 227 Å². The zero-order valence-corrected chi connectivity index (χ0v) is 80.1. The molecule has 133 heavy (non-hydrogen) atoms. The number of allylic oxidation sites excluding steroid dienone is 3. The van der Waals surface area contributed by atoms with Crippen molar-refractivity contribution in [3.8, 4) is 11.5 Å². The Kier molecular flexibility index (Phi) is 38.8. The lowest BCUT2D eigenvalue weighted by atomic mass is 9.83. The molecule has 5 heterocycles. The number of esters is 1. The predicted octanol–water partition coefficient (Wildman–Crippen LogP) is 3.93. The second-order valence-corrected chi connectivity index (χ2v) is 40.5. The summed E-state index contributed by atoms with van der Waals surface area (Å²) in [6.45, 7) is 11.2. The summed E-state index contributed by atoms with van der Waals surface area (Å²) in [4.78, 5) is 206. The van der Waals surface area contributed by atoms with Crippen LogP contribution in [-0.2, 0) is 107 Å². The van der Waals surface area contributed by atoms with Crippen molar-refractivity contribution < 1.29 is 106 Å². The fourth-order valence-corrected chi connectivity index (χ4v) is 21.1. The number of fused-ring (bicyclic) bond motifs is 6. The van der Waals surface area contributed by atoms with Crippen LogP contribution >= 0.6 is 54.8 Å². The molecule has 3 saturated heterocycles. The zero-order valence-electron chi connectivity index (χ0n) is 76.0. The Morgan fingerprint density at radius 3 is 2.20 bits per heavy atom. The normalized spacial score (nSPS) is 25.6. The van der Waals surface area contributed by atoms with Crippen LogP contribution in [0, 0.1) is 11.8 Å². The Hall–Kier alpha value is -10.5. The van der Waals surface area contributed by atoms with Crippen molar-refractivity contribution >= 4 is 154 Å². The van der Waals surface area contributed by atoms with Crippen LogP contribution in [-0.4, -0.2) is 261 Å². The van der Waals surface area contributed by atoms with E-state index in [0.29, 0.717) is 46.0 Å². The van der Waals surface area contributed by atoms with Crippen molar-refractivity contribution in [1.29, 1.82) is 0 Å². The van der Waals surface area contributed by atoms with Gasteiger partial charge in [-0.3, -0.25) is 62.9 Å². The van der Waals surface area contributed by atoms with Crippen LogP contribution in [0.5, 0.6) is 11.5 Å². The lowest BCUT2D eigenvalue weighted by Gasteiger charge is -2.42. The van der Waals surface area contributed by atoms with Crippen LogP contribution in [0.4, 0.5) is 10.5 Å². The second kappa shape index (κ2) is 48.6. The molecule has 0 radical (unpaired) electrons. The maximum atomic E-state index is 15.1. The van der Waals surface area contributed by atoms with Gasteiger partial charge in [0, 0.05) is 104 Å². The van der Waals surface area contributed by atoms with E-state index >= 15 is 14.4 Å². The summed E-state index contributed by atoms with van der Waals surface area (Å²) in [7, 11) is 9.75. The largest absolute Gasteiger partial charge is 0.508 e. The molecule has 0 unspecified atom stereocenters. The summed E-state index contributed by atoms with van der Waals surface area (Å²) >= 11 is 6.89. The van der Waals surface area contributed by atoms with Gasteiger partial charge in [0.2, 0.25) is 65.0 Å². The van der Waals surface area contributed by atoms with E-state index in [0.717, 1.165) is 53.6 Å². The second-order valence-electron chi connectivity index (χ2n) is 34.5. The quantitative estimate of drug-likeness (QED) is 0.0125. The average Bonchev–Trinajstić information content (AvgIpc) is 1.57. The number of primary amides is 2. The standard InChI is InChI=1S/C91H122ClN15O22S4/c1-48-20-19-26-70(126-11)91(124)44-69(127-88(123)105-91)49(2)78-90(7,129-78)71(43-74(113)107(9)66-39-54(36-48)40-68(125-10)75(66)92)128-87(122)50(3)106(8)73(112)33-35-130-133-89(5,6)77(80(96)115)103-72(111)32-31-61(79(95)114)98-85(120)65-47-132-131-46-64(101-82(117)59(94)38-52-21-13-12-14-22-52)67(110)42-55(37-53-27-29-57(109)30-28-53)81(116)100-63(41-56-45-97-60-24-16-15-23-58(56)60)84(119)99-62(25-17-18-34-93)83(118)104-76(51(4)108)86(121)102-65/h12-16,19-24,26-30,39-40,45,49-51,55,59,61-65,69-71,76-78,97,108-109,124H,17-18,25,31-38,41-44,46-47,93-94H2,1-11H3,(H2,95,114)(H2,96,115)(H,98,120)(H,99,119)(H,100,116)(H,101,117)(H,102,121)(H,103,111)(H,104,118)(H,105,123)/b26-19+,48-20+/t49-,50+,51-,55-,59-,61+,62+,63-,64+,65+,69+,70-,71+,76+,77-,78+,90+,91+/m1/s1. The lowest BCUT2D eigenvalue weighted by Crippen LogP contribution is -2.63. The number of nitrogens with two attached hydrogens (primary N) is 4. The highest BCUT2D eigenvalue weighted by atomic mass is 35.5. The van der Waals surface area contributed by atoms with E-state index in [9.17, 15) is 68.1 Å². The number of para-hydroxylation sites is 1. The number of carbonyl (C=O) groups excluding carboxylic acids is 14. The number of ether oxygens (including phenoxy) is 5. The number of H-pyrrole nitrogens is 1. The minimum atomic E-state index is -1.96. The van der Waals surface area contributed by atoms with Crippen molar-refractivity contribution in [2.75, 3.05) is 57.0 Å². The van der Waals surface area contributed by atoms with Crippen LogP contribution in [0.2, 0.25) is 5.02 Å². The number of halogens is 1. The molecule has 724 valence electrons. The number of aromatic hydroxyl groups is 1. The fourth-order valence-electron chi connectivity index (χ4n) is 15.8. The Bertz CT molecular complexity index is 5070. The molecule has 1 aromatic heterocycles. The van der Waals surface area contributed by atoms with Crippen molar-refractivity contribution in [3.05, 3.63) is 148 Å². The number of phenols is 1. The van der Waals surface area contributed by atoms with E-state index in [1.54, 1.807) is 125 Å². The van der Waals surface area contributed by atoms with Gasteiger partial charge < -0.3 is 114 Å². The molecule has 4 aliphatic rings. The highest BCUT2D eigenvalue weighted by Gasteiger charge is 2.65. The highest BCUT2D eigenvalue weighted by molar-refractivity contribution is 8.77. The Balaban J connectivity index is 0.879. The third-order valence-corrected chi connectivity index (χ3v) is 30.0. The number of ketones is 1. The van der Waals surface area contributed by atoms with Gasteiger partial charge in [0.25, 0.3) is 0 Å². The maximum absolute atomic E-state index is 15.1. The number of Topliss-reactive ketones (excluding diaryl/α,β-unsaturated/α-hetero) is 1. The Morgan fingerprint density at radius 2 is 1.52 bits per heavy atom. The minimum Gasteiger partial charge on any atom is -0.508 e. The van der Waals surface area contributed by atoms with Gasteiger partial charge in [0.15, 0.2) is 11.5 Å². The Morgan fingerprint density at radius 1 is 0.835 bits per heavy atom. The zero-order chi connectivity index (χ0) is 97.5. The smallest absolute Gasteiger partial charge is 0.409 e. The number of unbranched alkanes of at least 4 members (excludes halogenated alkanes) is 1. The highest BCUT2D eigenvalue weighted by Crippen LogP contribution is 2.50. The minimum absolute atomic E-state index is 0.0499. The number of anilines is 1. The third-order valence-electron chi connectivity index (χ3n) is 23.9. The SMILES string of the molecule is COc1cc2cc(c1Cl)N(C)C(=O)C[C@H](OC(=O)[C@H](C)N(C)C(=O)CCSSC(C)(C)[C@H](NC(=O)CC[C@H](NC(=O)[C@@H]1CSSC[C@H](NC(=O)[C@H](N)Cc3ccccc3)C(=O)C[C@@H](Cc3ccc(O)cc3)C(=O)N[C@H](Cc3c[nH]c4ccccc34)C(=O)N[C@@H](CCCCN)C(=O)N[C@@H]([C@@H](C)O)C(=O)N1)C(N)=O)C(N)=O)[C@]1(C)O[C@H]1[C@H](C)[C@@H]1C[C@@](O)(NC(=O)O1)[C@H](OC)/C=C/C=C(\C)C2. The molecule has 4 aromatic carbocycles. The number of amides is 12.